The Hall–Kier alpha value is -1.10. The molecule has 5 heteroatoms. The van der Waals surface area contributed by atoms with E-state index in [0.717, 1.165) is 29.5 Å². The van der Waals surface area contributed by atoms with Crippen LogP contribution in [0, 0.1) is 5.92 Å². The summed E-state index contributed by atoms with van der Waals surface area (Å²) in [6, 6.07) is 7.81. The van der Waals surface area contributed by atoms with Crippen molar-refractivity contribution < 1.29 is 9.90 Å². The molecule has 1 aromatic heterocycles. The molecule has 112 valence electrons. The molecule has 0 bridgehead atoms. The first-order valence-electron chi connectivity index (χ1n) is 7.22. The Morgan fingerprint density at radius 2 is 2.24 bits per heavy atom. The lowest BCUT2D eigenvalue weighted by Crippen LogP contribution is -2.42. The molecule has 2 unspecified atom stereocenters. The van der Waals surface area contributed by atoms with Gasteiger partial charge in [-0.15, -0.1) is 11.3 Å². The molecule has 0 saturated carbocycles. The van der Waals surface area contributed by atoms with Gasteiger partial charge in [-0.2, -0.15) is 0 Å². The summed E-state index contributed by atoms with van der Waals surface area (Å²) >= 11 is 7.83. The summed E-state index contributed by atoms with van der Waals surface area (Å²) in [7, 11) is 0. The van der Waals surface area contributed by atoms with Crippen LogP contribution in [0.3, 0.4) is 0 Å². The van der Waals surface area contributed by atoms with Gasteiger partial charge in [-0.3, -0.25) is 4.79 Å². The van der Waals surface area contributed by atoms with Crippen molar-refractivity contribution in [2.24, 2.45) is 5.92 Å². The van der Waals surface area contributed by atoms with Crippen molar-refractivity contribution in [3.8, 4) is 0 Å². The zero-order valence-electron chi connectivity index (χ0n) is 11.9. The van der Waals surface area contributed by atoms with E-state index in [-0.39, 0.29) is 17.9 Å². The zero-order valence-corrected chi connectivity index (χ0v) is 13.5. The molecular formula is C16H18ClNO2S. The summed E-state index contributed by atoms with van der Waals surface area (Å²) < 4.78 is 1.04. The molecule has 1 saturated heterocycles. The molecular weight excluding hydrogens is 306 g/mol. The van der Waals surface area contributed by atoms with E-state index in [4.69, 9.17) is 11.6 Å². The van der Waals surface area contributed by atoms with Crippen LogP contribution in [0.25, 0.3) is 10.1 Å². The zero-order chi connectivity index (χ0) is 15.0. The fourth-order valence-corrected chi connectivity index (χ4v) is 4.36. The molecule has 1 amide bonds. The van der Waals surface area contributed by atoms with E-state index >= 15 is 0 Å². The van der Waals surface area contributed by atoms with E-state index in [0.29, 0.717) is 16.4 Å². The van der Waals surface area contributed by atoms with E-state index in [9.17, 15) is 9.90 Å². The lowest BCUT2D eigenvalue weighted by molar-refractivity contribution is 0.0470. The second kappa shape index (κ2) is 5.95. The van der Waals surface area contributed by atoms with Crippen LogP contribution >= 0.6 is 22.9 Å². The standard InChI is InChI=1S/C16H18ClNO2S/c1-10(19)11-5-4-8-18(9-11)16(20)15-14(17)12-6-2-3-7-13(12)21-15/h2-3,6-7,10-11,19H,4-5,8-9H2,1H3. The van der Waals surface area contributed by atoms with Gasteiger partial charge in [-0.05, 0) is 25.8 Å². The van der Waals surface area contributed by atoms with Gasteiger partial charge in [0, 0.05) is 29.1 Å². The summed E-state index contributed by atoms with van der Waals surface area (Å²) in [5.74, 6) is 0.155. The molecule has 2 atom stereocenters. The topological polar surface area (TPSA) is 40.5 Å². The first kappa shape index (κ1) is 14.8. The smallest absolute Gasteiger partial charge is 0.265 e. The number of benzene rings is 1. The van der Waals surface area contributed by atoms with E-state index in [2.05, 4.69) is 0 Å². The van der Waals surface area contributed by atoms with E-state index in [1.54, 1.807) is 6.92 Å². The minimum Gasteiger partial charge on any atom is -0.393 e. The van der Waals surface area contributed by atoms with Crippen LogP contribution in [-0.2, 0) is 0 Å². The van der Waals surface area contributed by atoms with Gasteiger partial charge in [0.15, 0.2) is 0 Å². The van der Waals surface area contributed by atoms with Gasteiger partial charge >= 0.3 is 0 Å². The van der Waals surface area contributed by atoms with Crippen LogP contribution in [0.2, 0.25) is 5.02 Å². The molecule has 3 rings (SSSR count). The van der Waals surface area contributed by atoms with Crippen LogP contribution < -0.4 is 0 Å². The summed E-state index contributed by atoms with van der Waals surface area (Å²) in [5, 5.41) is 11.3. The highest BCUT2D eigenvalue weighted by atomic mass is 35.5. The first-order chi connectivity index (χ1) is 10.1. The van der Waals surface area contributed by atoms with Crippen LogP contribution in [0.5, 0.6) is 0 Å². The lowest BCUT2D eigenvalue weighted by atomic mass is 9.93. The summed E-state index contributed by atoms with van der Waals surface area (Å²) in [5.41, 5.74) is 0. The number of halogens is 1. The largest absolute Gasteiger partial charge is 0.393 e. The number of nitrogens with zero attached hydrogens (tertiary/aromatic N) is 1. The normalized spacial score (nSPS) is 20.7. The SMILES string of the molecule is CC(O)C1CCCN(C(=O)c2sc3ccccc3c2Cl)C1. The van der Waals surface area contributed by atoms with Crippen molar-refractivity contribution >= 4 is 38.9 Å². The van der Waals surface area contributed by atoms with Crippen LogP contribution in [0.4, 0.5) is 0 Å². The Morgan fingerprint density at radius 3 is 2.95 bits per heavy atom. The molecule has 3 nitrogen and oxygen atoms in total. The lowest BCUT2D eigenvalue weighted by Gasteiger charge is -2.34. The van der Waals surface area contributed by atoms with Crippen molar-refractivity contribution in [2.45, 2.75) is 25.9 Å². The second-order valence-electron chi connectivity index (χ2n) is 5.64. The number of piperidine rings is 1. The monoisotopic (exact) mass is 323 g/mol. The van der Waals surface area contributed by atoms with Gasteiger partial charge in [0.05, 0.1) is 11.1 Å². The van der Waals surface area contributed by atoms with E-state index in [1.807, 2.05) is 29.2 Å². The van der Waals surface area contributed by atoms with Crippen LogP contribution in [-0.4, -0.2) is 35.1 Å². The Bertz CT molecular complexity index is 667. The van der Waals surface area contributed by atoms with Crippen LogP contribution in [0.15, 0.2) is 24.3 Å². The number of rotatable bonds is 2. The van der Waals surface area contributed by atoms with Gasteiger partial charge in [0.1, 0.15) is 4.88 Å². The number of fused-ring (bicyclic) bond motifs is 1. The predicted octanol–water partition coefficient (Wildman–Crippen LogP) is 3.79. The van der Waals surface area contributed by atoms with Crippen LogP contribution in [0.1, 0.15) is 29.4 Å². The molecule has 0 aliphatic carbocycles. The molecule has 1 aliphatic heterocycles. The minimum atomic E-state index is -0.376. The van der Waals surface area contributed by atoms with Gasteiger partial charge in [-0.1, -0.05) is 29.8 Å². The third kappa shape index (κ3) is 2.80. The Morgan fingerprint density at radius 1 is 1.48 bits per heavy atom. The minimum absolute atomic E-state index is 0.00782. The van der Waals surface area contributed by atoms with Gasteiger partial charge in [0.2, 0.25) is 0 Å². The molecule has 1 aromatic carbocycles. The molecule has 1 aliphatic rings. The average molecular weight is 324 g/mol. The highest BCUT2D eigenvalue weighted by molar-refractivity contribution is 7.21. The molecule has 2 heterocycles. The summed E-state index contributed by atoms with van der Waals surface area (Å²) in [4.78, 5) is 15.2. The Labute approximate surface area is 133 Å². The Balaban J connectivity index is 1.88. The highest BCUT2D eigenvalue weighted by Gasteiger charge is 2.29. The van der Waals surface area contributed by atoms with Crippen molar-refractivity contribution in [3.05, 3.63) is 34.2 Å². The Kier molecular flexibility index (Phi) is 4.20. The number of aliphatic hydroxyl groups excluding tert-OH is 1. The number of carbonyl (C=O) groups excluding carboxylic acids is 1. The third-order valence-corrected chi connectivity index (χ3v) is 5.82. The third-order valence-electron chi connectivity index (χ3n) is 4.16. The fraction of sp³-hybridized carbons (Fsp3) is 0.438. The van der Waals surface area contributed by atoms with Crippen molar-refractivity contribution in [1.82, 2.24) is 4.90 Å². The molecule has 0 radical (unpaired) electrons. The molecule has 0 spiro atoms. The number of likely N-dealkylation sites (tertiary alicyclic amines) is 1. The quantitative estimate of drug-likeness (QED) is 0.913. The van der Waals surface area contributed by atoms with Gasteiger partial charge < -0.3 is 10.0 Å². The number of amides is 1. The van der Waals surface area contributed by atoms with Gasteiger partial charge in [-0.25, -0.2) is 0 Å². The number of hydrogen-bond donors (Lipinski definition) is 1. The second-order valence-corrected chi connectivity index (χ2v) is 7.07. The van der Waals surface area contributed by atoms with E-state index in [1.165, 1.54) is 11.3 Å². The van der Waals surface area contributed by atoms with Crippen molar-refractivity contribution in [1.29, 1.82) is 0 Å². The number of hydrogen-bond acceptors (Lipinski definition) is 3. The predicted molar refractivity (Wildman–Crippen MR) is 87.1 cm³/mol. The molecule has 2 aromatic rings. The molecule has 1 N–H and O–H groups in total. The number of aliphatic hydroxyl groups is 1. The maximum atomic E-state index is 12.7. The highest BCUT2D eigenvalue weighted by Crippen LogP contribution is 2.36. The van der Waals surface area contributed by atoms with Crippen molar-refractivity contribution in [3.63, 3.8) is 0 Å². The first-order valence-corrected chi connectivity index (χ1v) is 8.41. The van der Waals surface area contributed by atoms with Gasteiger partial charge in [0.25, 0.3) is 5.91 Å². The molecule has 21 heavy (non-hydrogen) atoms. The summed E-state index contributed by atoms with van der Waals surface area (Å²) in [6.45, 7) is 3.15. The maximum absolute atomic E-state index is 12.7. The van der Waals surface area contributed by atoms with E-state index < -0.39 is 0 Å². The number of thiophene rings is 1. The van der Waals surface area contributed by atoms with Crippen molar-refractivity contribution in [2.75, 3.05) is 13.1 Å². The summed E-state index contributed by atoms with van der Waals surface area (Å²) in [6.07, 6.45) is 1.53. The number of carbonyl (C=O) groups is 1. The average Bonchev–Trinajstić information content (AvgIpc) is 2.84. The maximum Gasteiger partial charge on any atom is 0.265 e. The fourth-order valence-electron chi connectivity index (χ4n) is 2.88. The molecule has 1 fully saturated rings.